The third-order valence-corrected chi connectivity index (χ3v) is 8.91. The molecule has 0 radical (unpaired) electrons. The predicted octanol–water partition coefficient (Wildman–Crippen LogP) is 3.76. The molecule has 2 aliphatic rings. The molecule has 2 aromatic carbocycles. The van der Waals surface area contributed by atoms with Crippen LogP contribution in [0.3, 0.4) is 0 Å². The normalized spacial score (nSPS) is 17.2. The molecule has 1 saturated carbocycles. The SMILES string of the molecule is COc1ccc(N(C)S(=O)(=O)c2ccc(OC)c(N3CCN(C(=O)C4CCCCC4)CC3)c2)cc1. The first-order chi connectivity index (χ1) is 16.8. The Balaban J connectivity index is 1.51. The topological polar surface area (TPSA) is 79.4 Å². The molecule has 0 atom stereocenters. The second-order valence-corrected chi connectivity index (χ2v) is 11.1. The number of hydrogen-bond donors (Lipinski definition) is 0. The van der Waals surface area contributed by atoms with E-state index in [0.29, 0.717) is 43.4 Å². The maximum Gasteiger partial charge on any atom is 0.264 e. The van der Waals surface area contributed by atoms with E-state index in [4.69, 9.17) is 9.47 Å². The maximum atomic E-state index is 13.4. The fourth-order valence-electron chi connectivity index (χ4n) is 4.94. The zero-order valence-corrected chi connectivity index (χ0v) is 21.6. The number of hydrogen-bond acceptors (Lipinski definition) is 6. The molecule has 0 bridgehead atoms. The zero-order chi connectivity index (χ0) is 25.0. The number of methoxy groups -OCH3 is 2. The van der Waals surface area contributed by atoms with Gasteiger partial charge in [-0.15, -0.1) is 0 Å². The van der Waals surface area contributed by atoms with Crippen molar-refractivity contribution in [2.75, 3.05) is 56.7 Å². The van der Waals surface area contributed by atoms with Crippen molar-refractivity contribution in [1.82, 2.24) is 4.90 Å². The minimum Gasteiger partial charge on any atom is -0.497 e. The van der Waals surface area contributed by atoms with Gasteiger partial charge in [0.1, 0.15) is 11.5 Å². The van der Waals surface area contributed by atoms with Gasteiger partial charge < -0.3 is 19.3 Å². The van der Waals surface area contributed by atoms with Gasteiger partial charge in [0.2, 0.25) is 5.91 Å². The highest BCUT2D eigenvalue weighted by molar-refractivity contribution is 7.92. The van der Waals surface area contributed by atoms with Crippen LogP contribution in [0.4, 0.5) is 11.4 Å². The van der Waals surface area contributed by atoms with Gasteiger partial charge in [0, 0.05) is 39.1 Å². The summed E-state index contributed by atoms with van der Waals surface area (Å²) < 4.78 is 38.8. The maximum absolute atomic E-state index is 13.4. The average Bonchev–Trinajstić information content (AvgIpc) is 2.92. The summed E-state index contributed by atoms with van der Waals surface area (Å²) >= 11 is 0. The molecular weight excluding hydrogens is 466 g/mol. The molecule has 0 N–H and O–H groups in total. The Morgan fingerprint density at radius 1 is 0.914 bits per heavy atom. The molecule has 2 aromatic rings. The number of ether oxygens (including phenoxy) is 2. The van der Waals surface area contributed by atoms with Crippen molar-refractivity contribution < 1.29 is 22.7 Å². The summed E-state index contributed by atoms with van der Waals surface area (Å²) in [5, 5.41) is 0. The Morgan fingerprint density at radius 3 is 2.17 bits per heavy atom. The summed E-state index contributed by atoms with van der Waals surface area (Å²) in [6.45, 7) is 2.52. The molecule has 190 valence electrons. The molecule has 1 amide bonds. The lowest BCUT2D eigenvalue weighted by atomic mass is 9.88. The molecular formula is C26H35N3O5S. The third-order valence-electron chi connectivity index (χ3n) is 7.13. The third kappa shape index (κ3) is 5.34. The lowest BCUT2D eigenvalue weighted by Crippen LogP contribution is -2.50. The molecule has 4 rings (SSSR count). The molecule has 0 aromatic heterocycles. The molecule has 1 aliphatic heterocycles. The number of piperazine rings is 1. The van der Waals surface area contributed by atoms with Crippen LogP contribution in [0.15, 0.2) is 47.4 Å². The van der Waals surface area contributed by atoms with Crippen LogP contribution in [0.5, 0.6) is 11.5 Å². The predicted molar refractivity (Wildman–Crippen MR) is 137 cm³/mol. The molecule has 1 heterocycles. The summed E-state index contributed by atoms with van der Waals surface area (Å²) in [7, 11) is 0.900. The Bertz CT molecular complexity index is 1120. The second kappa shape index (κ2) is 10.8. The van der Waals surface area contributed by atoms with E-state index >= 15 is 0 Å². The average molecular weight is 502 g/mol. The number of anilines is 2. The quantitative estimate of drug-likeness (QED) is 0.575. The van der Waals surface area contributed by atoms with E-state index < -0.39 is 10.0 Å². The molecule has 35 heavy (non-hydrogen) atoms. The number of nitrogens with zero attached hydrogens (tertiary/aromatic N) is 3. The largest absolute Gasteiger partial charge is 0.497 e. The van der Waals surface area contributed by atoms with Crippen LogP contribution in [0.1, 0.15) is 32.1 Å². The standard InChI is InChI=1S/C26H35N3O5S/c1-27(21-9-11-22(33-2)12-10-21)35(31,32)23-13-14-25(34-3)24(19-23)28-15-17-29(18-16-28)26(30)20-7-5-4-6-8-20/h9-14,19-20H,4-8,15-18H2,1-3H3. The molecule has 8 nitrogen and oxygen atoms in total. The molecule has 1 aliphatic carbocycles. The van der Waals surface area contributed by atoms with E-state index in [2.05, 4.69) is 4.90 Å². The first-order valence-corrected chi connectivity index (χ1v) is 13.6. The van der Waals surface area contributed by atoms with Crippen LogP contribution < -0.4 is 18.7 Å². The lowest BCUT2D eigenvalue weighted by Gasteiger charge is -2.38. The summed E-state index contributed by atoms with van der Waals surface area (Å²) in [5.74, 6) is 1.70. The summed E-state index contributed by atoms with van der Waals surface area (Å²) in [6, 6.07) is 11.8. The van der Waals surface area contributed by atoms with Gasteiger partial charge in [-0.2, -0.15) is 0 Å². The Morgan fingerprint density at radius 2 is 1.57 bits per heavy atom. The minimum absolute atomic E-state index is 0.159. The van der Waals surface area contributed by atoms with Crippen LogP contribution in [-0.2, 0) is 14.8 Å². The van der Waals surface area contributed by atoms with Crippen molar-refractivity contribution in [2.45, 2.75) is 37.0 Å². The number of amides is 1. The number of rotatable bonds is 7. The highest BCUT2D eigenvalue weighted by atomic mass is 32.2. The van der Waals surface area contributed by atoms with Crippen molar-refractivity contribution in [3.8, 4) is 11.5 Å². The van der Waals surface area contributed by atoms with Crippen molar-refractivity contribution in [1.29, 1.82) is 0 Å². The van der Waals surface area contributed by atoms with E-state index in [9.17, 15) is 13.2 Å². The number of sulfonamides is 1. The van der Waals surface area contributed by atoms with Crippen molar-refractivity contribution in [2.24, 2.45) is 5.92 Å². The highest BCUT2D eigenvalue weighted by Crippen LogP contribution is 2.34. The molecule has 9 heteroatoms. The van der Waals surface area contributed by atoms with Gasteiger partial charge in [-0.05, 0) is 55.3 Å². The van der Waals surface area contributed by atoms with Gasteiger partial charge in [-0.1, -0.05) is 19.3 Å². The van der Waals surface area contributed by atoms with Gasteiger partial charge in [0.05, 0.1) is 30.5 Å². The fourth-order valence-corrected chi connectivity index (χ4v) is 6.16. The van der Waals surface area contributed by atoms with E-state index in [1.54, 1.807) is 56.7 Å². The van der Waals surface area contributed by atoms with Crippen LogP contribution in [0, 0.1) is 5.92 Å². The smallest absolute Gasteiger partial charge is 0.264 e. The van der Waals surface area contributed by atoms with Crippen molar-refractivity contribution >= 4 is 27.3 Å². The Kier molecular flexibility index (Phi) is 7.74. The molecule has 2 fully saturated rings. The van der Waals surface area contributed by atoms with Gasteiger partial charge in [0.15, 0.2) is 0 Å². The Labute approximate surface area is 208 Å². The monoisotopic (exact) mass is 501 g/mol. The first kappa shape index (κ1) is 25.2. The molecule has 0 spiro atoms. The first-order valence-electron chi connectivity index (χ1n) is 12.2. The van der Waals surface area contributed by atoms with E-state index in [1.165, 1.54) is 17.8 Å². The highest BCUT2D eigenvalue weighted by Gasteiger charge is 2.30. The second-order valence-electron chi connectivity index (χ2n) is 9.15. The van der Waals surface area contributed by atoms with Gasteiger partial charge >= 0.3 is 0 Å². The number of carbonyl (C=O) groups excluding carboxylic acids is 1. The van der Waals surface area contributed by atoms with Gasteiger partial charge in [-0.25, -0.2) is 8.42 Å². The van der Waals surface area contributed by atoms with E-state index in [1.807, 2.05) is 4.90 Å². The number of benzene rings is 2. The van der Waals surface area contributed by atoms with E-state index in [-0.39, 0.29) is 16.7 Å². The summed E-state index contributed by atoms with van der Waals surface area (Å²) in [6.07, 6.45) is 5.49. The number of carbonyl (C=O) groups is 1. The van der Waals surface area contributed by atoms with Crippen LogP contribution in [0.2, 0.25) is 0 Å². The van der Waals surface area contributed by atoms with Crippen LogP contribution >= 0.6 is 0 Å². The zero-order valence-electron chi connectivity index (χ0n) is 20.8. The molecule has 0 unspecified atom stereocenters. The minimum atomic E-state index is -3.79. The Hall–Kier alpha value is -2.94. The summed E-state index contributed by atoms with van der Waals surface area (Å²) in [5.41, 5.74) is 1.26. The van der Waals surface area contributed by atoms with Crippen molar-refractivity contribution in [3.05, 3.63) is 42.5 Å². The van der Waals surface area contributed by atoms with E-state index in [0.717, 1.165) is 31.4 Å². The summed E-state index contributed by atoms with van der Waals surface area (Å²) in [4.78, 5) is 17.2. The van der Waals surface area contributed by atoms with Gasteiger partial charge in [0.25, 0.3) is 10.0 Å². The van der Waals surface area contributed by atoms with Crippen molar-refractivity contribution in [3.63, 3.8) is 0 Å². The van der Waals surface area contributed by atoms with Crippen LogP contribution in [0.25, 0.3) is 0 Å². The van der Waals surface area contributed by atoms with Crippen LogP contribution in [-0.4, -0.2) is 66.7 Å². The fraction of sp³-hybridized carbons (Fsp3) is 0.500. The molecule has 1 saturated heterocycles. The lowest BCUT2D eigenvalue weighted by molar-refractivity contribution is -0.136. The van der Waals surface area contributed by atoms with Gasteiger partial charge in [-0.3, -0.25) is 9.10 Å².